The van der Waals surface area contributed by atoms with Gasteiger partial charge in [0.15, 0.2) is 0 Å². The molecule has 0 saturated heterocycles. The third kappa shape index (κ3) is 4.21. The summed E-state index contributed by atoms with van der Waals surface area (Å²) in [5.74, 6) is 1.47. The summed E-state index contributed by atoms with van der Waals surface area (Å²) < 4.78 is 11.8. The molecule has 1 aliphatic carbocycles. The third-order valence-corrected chi connectivity index (χ3v) is 4.41. The largest absolute Gasteiger partial charge is 0.494 e. The predicted octanol–water partition coefficient (Wildman–Crippen LogP) is 4.07. The van der Waals surface area contributed by atoms with Crippen molar-refractivity contribution >= 4 is 0 Å². The summed E-state index contributed by atoms with van der Waals surface area (Å²) in [6.07, 6.45) is 6.50. The molecule has 1 saturated carbocycles. The summed E-state index contributed by atoms with van der Waals surface area (Å²) in [4.78, 5) is 0. The summed E-state index contributed by atoms with van der Waals surface area (Å²) in [6.45, 7) is 5.43. The quantitative estimate of drug-likeness (QED) is 0.823. The van der Waals surface area contributed by atoms with Gasteiger partial charge in [-0.05, 0) is 38.7 Å². The molecule has 0 heterocycles. The van der Waals surface area contributed by atoms with Crippen molar-refractivity contribution in [1.29, 1.82) is 0 Å². The fourth-order valence-electron chi connectivity index (χ4n) is 3.41. The van der Waals surface area contributed by atoms with Gasteiger partial charge in [0.25, 0.3) is 0 Å². The van der Waals surface area contributed by atoms with E-state index in [0.29, 0.717) is 19.1 Å². The molecule has 2 unspecified atom stereocenters. The second-order valence-corrected chi connectivity index (χ2v) is 5.81. The first-order valence-corrected chi connectivity index (χ1v) is 8.36. The molecule has 0 aromatic heterocycles. The van der Waals surface area contributed by atoms with E-state index in [1.807, 2.05) is 25.1 Å². The van der Waals surface area contributed by atoms with Gasteiger partial charge in [-0.1, -0.05) is 37.5 Å². The summed E-state index contributed by atoms with van der Waals surface area (Å²) in [5.41, 5.74) is 7.65. The van der Waals surface area contributed by atoms with Crippen LogP contribution < -0.4 is 10.5 Å². The van der Waals surface area contributed by atoms with Gasteiger partial charge >= 0.3 is 0 Å². The molecule has 0 spiro atoms. The van der Waals surface area contributed by atoms with Gasteiger partial charge in [0, 0.05) is 12.2 Å². The van der Waals surface area contributed by atoms with Crippen molar-refractivity contribution < 1.29 is 9.47 Å². The van der Waals surface area contributed by atoms with Crippen molar-refractivity contribution in [3.05, 3.63) is 29.8 Å². The van der Waals surface area contributed by atoms with Crippen LogP contribution in [0.2, 0.25) is 0 Å². The molecule has 21 heavy (non-hydrogen) atoms. The van der Waals surface area contributed by atoms with E-state index in [9.17, 15) is 0 Å². The molecule has 0 radical (unpaired) electrons. The third-order valence-electron chi connectivity index (χ3n) is 4.41. The average molecular weight is 291 g/mol. The molecule has 1 aromatic rings. The van der Waals surface area contributed by atoms with Crippen LogP contribution in [0.3, 0.4) is 0 Å². The highest BCUT2D eigenvalue weighted by Gasteiger charge is 2.31. The molecular formula is C18H29NO2. The van der Waals surface area contributed by atoms with Gasteiger partial charge in [0.05, 0.1) is 18.8 Å². The van der Waals surface area contributed by atoms with E-state index in [4.69, 9.17) is 15.2 Å². The van der Waals surface area contributed by atoms with Gasteiger partial charge in [-0.25, -0.2) is 0 Å². The number of para-hydroxylation sites is 1. The van der Waals surface area contributed by atoms with E-state index in [0.717, 1.165) is 11.3 Å². The molecule has 1 fully saturated rings. The Bertz CT molecular complexity index is 415. The highest BCUT2D eigenvalue weighted by Crippen LogP contribution is 2.36. The van der Waals surface area contributed by atoms with Crippen LogP contribution in [0.5, 0.6) is 5.75 Å². The average Bonchev–Trinajstić information content (AvgIpc) is 2.54. The first kappa shape index (κ1) is 16.3. The minimum atomic E-state index is -0.115. The molecule has 1 aliphatic rings. The van der Waals surface area contributed by atoms with Gasteiger partial charge in [-0.2, -0.15) is 0 Å². The maximum Gasteiger partial charge on any atom is 0.124 e. The predicted molar refractivity (Wildman–Crippen MR) is 86.5 cm³/mol. The number of ether oxygens (including phenoxy) is 2. The summed E-state index contributed by atoms with van der Waals surface area (Å²) in [6, 6.07) is 7.99. The zero-order chi connectivity index (χ0) is 15.1. The van der Waals surface area contributed by atoms with E-state index < -0.39 is 0 Å². The maximum absolute atomic E-state index is 6.58. The van der Waals surface area contributed by atoms with Gasteiger partial charge in [-0.3, -0.25) is 0 Å². The first-order valence-electron chi connectivity index (χ1n) is 8.36. The van der Waals surface area contributed by atoms with Crippen LogP contribution in [-0.2, 0) is 4.74 Å². The molecule has 1 aromatic carbocycles. The fraction of sp³-hybridized carbons (Fsp3) is 0.667. The Kier molecular flexibility index (Phi) is 6.52. The Hall–Kier alpha value is -1.06. The molecule has 0 aliphatic heterocycles. The van der Waals surface area contributed by atoms with Crippen LogP contribution in [0.4, 0.5) is 0 Å². The van der Waals surface area contributed by atoms with Crippen LogP contribution in [0.1, 0.15) is 57.6 Å². The second-order valence-electron chi connectivity index (χ2n) is 5.81. The van der Waals surface area contributed by atoms with E-state index in [1.165, 1.54) is 32.1 Å². The first-order chi connectivity index (χ1) is 10.3. The van der Waals surface area contributed by atoms with Crippen molar-refractivity contribution in [2.45, 2.75) is 58.1 Å². The number of hydrogen-bond donors (Lipinski definition) is 1. The van der Waals surface area contributed by atoms with Crippen LogP contribution >= 0.6 is 0 Å². The standard InChI is InChI=1S/C18H29NO2/c1-3-20-16-13-9-8-12-15(16)17(19)18(21-4-2)14-10-6-5-7-11-14/h8-9,12-14,17-18H,3-7,10-11,19H2,1-2H3. The second kappa shape index (κ2) is 8.40. The van der Waals surface area contributed by atoms with E-state index in [1.54, 1.807) is 0 Å². The molecule has 2 atom stereocenters. The SMILES string of the molecule is CCOc1ccccc1C(N)C(OCC)C1CCCCC1. The van der Waals surface area contributed by atoms with E-state index >= 15 is 0 Å². The molecule has 0 amide bonds. The van der Waals surface area contributed by atoms with Crippen molar-refractivity contribution in [2.24, 2.45) is 11.7 Å². The Morgan fingerprint density at radius 1 is 1.10 bits per heavy atom. The normalized spacial score (nSPS) is 19.2. The monoisotopic (exact) mass is 291 g/mol. The highest BCUT2D eigenvalue weighted by molar-refractivity contribution is 5.36. The van der Waals surface area contributed by atoms with Crippen molar-refractivity contribution in [2.75, 3.05) is 13.2 Å². The summed E-state index contributed by atoms with van der Waals surface area (Å²) >= 11 is 0. The number of hydrogen-bond acceptors (Lipinski definition) is 3. The Balaban J connectivity index is 2.18. The van der Waals surface area contributed by atoms with Crippen LogP contribution in [0.25, 0.3) is 0 Å². The Labute approximate surface area is 128 Å². The molecule has 2 N–H and O–H groups in total. The van der Waals surface area contributed by atoms with Crippen LogP contribution in [0.15, 0.2) is 24.3 Å². The molecule has 3 heteroatoms. The molecule has 0 bridgehead atoms. The van der Waals surface area contributed by atoms with Crippen molar-refractivity contribution in [3.63, 3.8) is 0 Å². The zero-order valence-corrected chi connectivity index (χ0v) is 13.4. The van der Waals surface area contributed by atoms with Gasteiger partial charge < -0.3 is 15.2 Å². The highest BCUT2D eigenvalue weighted by atomic mass is 16.5. The van der Waals surface area contributed by atoms with Crippen LogP contribution in [0, 0.1) is 5.92 Å². The minimum Gasteiger partial charge on any atom is -0.494 e. The topological polar surface area (TPSA) is 44.5 Å². The van der Waals surface area contributed by atoms with Gasteiger partial charge in [0.1, 0.15) is 5.75 Å². The van der Waals surface area contributed by atoms with Gasteiger partial charge in [0.2, 0.25) is 0 Å². The van der Waals surface area contributed by atoms with Crippen molar-refractivity contribution in [3.8, 4) is 5.75 Å². The number of benzene rings is 1. The molecule has 118 valence electrons. The lowest BCUT2D eigenvalue weighted by atomic mass is 9.81. The lowest BCUT2D eigenvalue weighted by Gasteiger charge is -2.34. The lowest BCUT2D eigenvalue weighted by Crippen LogP contribution is -2.37. The molecule has 2 rings (SSSR count). The smallest absolute Gasteiger partial charge is 0.124 e. The lowest BCUT2D eigenvalue weighted by molar-refractivity contribution is -0.0103. The molecule has 3 nitrogen and oxygen atoms in total. The number of nitrogens with two attached hydrogens (primary N) is 1. The van der Waals surface area contributed by atoms with Crippen LogP contribution in [-0.4, -0.2) is 19.3 Å². The van der Waals surface area contributed by atoms with E-state index in [-0.39, 0.29) is 12.1 Å². The Morgan fingerprint density at radius 3 is 2.48 bits per heavy atom. The van der Waals surface area contributed by atoms with E-state index in [2.05, 4.69) is 13.0 Å². The molecular weight excluding hydrogens is 262 g/mol. The summed E-state index contributed by atoms with van der Waals surface area (Å²) in [7, 11) is 0. The van der Waals surface area contributed by atoms with Gasteiger partial charge in [-0.15, -0.1) is 0 Å². The maximum atomic E-state index is 6.58. The zero-order valence-electron chi connectivity index (χ0n) is 13.4. The summed E-state index contributed by atoms with van der Waals surface area (Å²) in [5, 5.41) is 0. The number of rotatable bonds is 7. The fourth-order valence-corrected chi connectivity index (χ4v) is 3.41. The Morgan fingerprint density at radius 2 is 1.81 bits per heavy atom. The van der Waals surface area contributed by atoms with Crippen molar-refractivity contribution in [1.82, 2.24) is 0 Å². The minimum absolute atomic E-state index is 0.0944.